The van der Waals surface area contributed by atoms with Gasteiger partial charge in [-0.25, -0.2) is 0 Å². The van der Waals surface area contributed by atoms with Gasteiger partial charge in [0.2, 0.25) is 5.13 Å². The second-order valence-corrected chi connectivity index (χ2v) is 5.79. The van der Waals surface area contributed by atoms with Crippen LogP contribution in [0.1, 0.15) is 29.2 Å². The molecule has 0 saturated carbocycles. The number of amides is 1. The van der Waals surface area contributed by atoms with Crippen LogP contribution in [0.15, 0.2) is 24.3 Å². The van der Waals surface area contributed by atoms with Gasteiger partial charge in [0.1, 0.15) is 10.8 Å². The second-order valence-electron chi connectivity index (χ2n) is 4.82. The molecule has 1 aromatic heterocycles. The molecular formula is C13H16N4O2S. The Balaban J connectivity index is 2.09. The first-order chi connectivity index (χ1) is 9.40. The van der Waals surface area contributed by atoms with E-state index in [0.29, 0.717) is 21.5 Å². The van der Waals surface area contributed by atoms with E-state index < -0.39 is 5.54 Å². The summed E-state index contributed by atoms with van der Waals surface area (Å²) >= 11 is 1.27. The normalized spacial score (nSPS) is 11.2. The summed E-state index contributed by atoms with van der Waals surface area (Å²) in [5.74, 6) is 0.454. The van der Waals surface area contributed by atoms with E-state index >= 15 is 0 Å². The fraction of sp³-hybridized carbons (Fsp3) is 0.308. The van der Waals surface area contributed by atoms with Crippen molar-refractivity contribution in [2.75, 3.05) is 12.4 Å². The Morgan fingerprint density at radius 3 is 2.45 bits per heavy atom. The molecule has 1 aromatic carbocycles. The number of nitrogens with zero attached hydrogens (tertiary/aromatic N) is 2. The number of carbonyl (C=O) groups is 1. The van der Waals surface area contributed by atoms with E-state index in [1.54, 1.807) is 31.4 Å². The van der Waals surface area contributed by atoms with E-state index in [-0.39, 0.29) is 5.91 Å². The average Bonchev–Trinajstić information content (AvgIpc) is 2.87. The molecule has 0 aliphatic heterocycles. The third-order valence-corrected chi connectivity index (χ3v) is 3.73. The summed E-state index contributed by atoms with van der Waals surface area (Å²) in [6.45, 7) is 3.67. The molecule has 0 aliphatic rings. The van der Waals surface area contributed by atoms with E-state index in [9.17, 15) is 4.79 Å². The first kappa shape index (κ1) is 14.4. The summed E-state index contributed by atoms with van der Waals surface area (Å²) < 4.78 is 5.04. The Kier molecular flexibility index (Phi) is 4.01. The van der Waals surface area contributed by atoms with Gasteiger partial charge >= 0.3 is 0 Å². The zero-order valence-electron chi connectivity index (χ0n) is 11.5. The Hall–Kier alpha value is -1.99. The third kappa shape index (κ3) is 3.31. The van der Waals surface area contributed by atoms with Gasteiger partial charge in [0.05, 0.1) is 12.6 Å². The van der Waals surface area contributed by atoms with Crippen LogP contribution in [0, 0.1) is 0 Å². The van der Waals surface area contributed by atoms with Gasteiger partial charge < -0.3 is 10.5 Å². The molecule has 0 saturated heterocycles. The van der Waals surface area contributed by atoms with Crippen LogP contribution in [0.2, 0.25) is 0 Å². The monoisotopic (exact) mass is 292 g/mol. The van der Waals surface area contributed by atoms with E-state index in [1.807, 2.05) is 13.8 Å². The van der Waals surface area contributed by atoms with Gasteiger partial charge in [-0.2, -0.15) is 0 Å². The van der Waals surface area contributed by atoms with Crippen molar-refractivity contribution in [2.45, 2.75) is 19.4 Å². The predicted molar refractivity (Wildman–Crippen MR) is 78.1 cm³/mol. The zero-order valence-corrected chi connectivity index (χ0v) is 12.3. The number of nitrogens with two attached hydrogens (primary N) is 1. The lowest BCUT2D eigenvalue weighted by molar-refractivity contribution is 0.102. The first-order valence-electron chi connectivity index (χ1n) is 5.98. The molecule has 7 heteroatoms. The lowest BCUT2D eigenvalue weighted by Gasteiger charge is -2.12. The lowest BCUT2D eigenvalue weighted by Crippen LogP contribution is -2.28. The molecule has 0 spiro atoms. The molecule has 2 aromatic rings. The van der Waals surface area contributed by atoms with E-state index in [4.69, 9.17) is 10.5 Å². The summed E-state index contributed by atoms with van der Waals surface area (Å²) in [5, 5.41) is 11.7. The fourth-order valence-corrected chi connectivity index (χ4v) is 2.20. The van der Waals surface area contributed by atoms with Crippen molar-refractivity contribution in [3.05, 3.63) is 34.8 Å². The topological polar surface area (TPSA) is 90.1 Å². The molecule has 6 nitrogen and oxygen atoms in total. The number of nitrogens with one attached hydrogen (secondary N) is 1. The molecular weight excluding hydrogens is 276 g/mol. The Morgan fingerprint density at radius 1 is 1.30 bits per heavy atom. The maximum Gasteiger partial charge on any atom is 0.257 e. The lowest BCUT2D eigenvalue weighted by atomic mass is 10.1. The largest absolute Gasteiger partial charge is 0.497 e. The number of carbonyl (C=O) groups excluding carboxylic acids is 1. The molecule has 3 N–H and O–H groups in total. The summed E-state index contributed by atoms with van der Waals surface area (Å²) in [4.78, 5) is 12.0. The van der Waals surface area contributed by atoms with Crippen molar-refractivity contribution in [1.82, 2.24) is 10.2 Å². The van der Waals surface area contributed by atoms with Gasteiger partial charge in [-0.15, -0.1) is 10.2 Å². The highest BCUT2D eigenvalue weighted by molar-refractivity contribution is 7.15. The van der Waals surface area contributed by atoms with Gasteiger partial charge in [-0.3, -0.25) is 10.1 Å². The number of anilines is 1. The minimum absolute atomic E-state index is 0.245. The Morgan fingerprint density at radius 2 is 1.95 bits per heavy atom. The van der Waals surface area contributed by atoms with Gasteiger partial charge in [0.25, 0.3) is 5.91 Å². The molecule has 0 aliphatic carbocycles. The fourth-order valence-electron chi connectivity index (χ4n) is 1.45. The molecule has 2 rings (SSSR count). The van der Waals surface area contributed by atoms with Crippen LogP contribution in [0.4, 0.5) is 5.13 Å². The number of methoxy groups -OCH3 is 1. The summed E-state index contributed by atoms with van der Waals surface area (Å²) in [6, 6.07) is 6.82. The van der Waals surface area contributed by atoms with Gasteiger partial charge in [0.15, 0.2) is 0 Å². The standard InChI is InChI=1S/C13H16N4O2S/c1-13(2,14)11-16-17-12(20-11)15-10(18)8-4-6-9(19-3)7-5-8/h4-7H,14H2,1-3H3,(H,15,17,18). The highest BCUT2D eigenvalue weighted by Crippen LogP contribution is 2.24. The number of benzene rings is 1. The molecule has 20 heavy (non-hydrogen) atoms. The molecule has 0 unspecified atom stereocenters. The highest BCUT2D eigenvalue weighted by atomic mass is 32.1. The van der Waals surface area contributed by atoms with Crippen molar-refractivity contribution in [3.63, 3.8) is 0 Å². The summed E-state index contributed by atoms with van der Waals surface area (Å²) in [5.41, 5.74) is 5.88. The van der Waals surface area contributed by atoms with Crippen LogP contribution in [0.25, 0.3) is 0 Å². The third-order valence-electron chi connectivity index (χ3n) is 2.55. The van der Waals surface area contributed by atoms with Crippen molar-refractivity contribution in [1.29, 1.82) is 0 Å². The van der Waals surface area contributed by atoms with E-state index in [1.165, 1.54) is 11.3 Å². The van der Waals surface area contributed by atoms with E-state index in [0.717, 1.165) is 0 Å². The van der Waals surface area contributed by atoms with Crippen LogP contribution >= 0.6 is 11.3 Å². The number of hydrogen-bond acceptors (Lipinski definition) is 6. The van der Waals surface area contributed by atoms with Crippen molar-refractivity contribution < 1.29 is 9.53 Å². The number of rotatable bonds is 4. The SMILES string of the molecule is COc1ccc(C(=O)Nc2nnc(C(C)(C)N)s2)cc1. The van der Waals surface area contributed by atoms with Crippen molar-refractivity contribution in [3.8, 4) is 5.75 Å². The van der Waals surface area contributed by atoms with Crippen molar-refractivity contribution in [2.24, 2.45) is 5.73 Å². The molecule has 1 amide bonds. The van der Waals surface area contributed by atoms with Crippen LogP contribution in [-0.2, 0) is 5.54 Å². The van der Waals surface area contributed by atoms with Crippen LogP contribution < -0.4 is 15.8 Å². The summed E-state index contributed by atoms with van der Waals surface area (Å²) in [6.07, 6.45) is 0. The molecule has 0 bridgehead atoms. The minimum atomic E-state index is -0.569. The molecule has 1 heterocycles. The quantitative estimate of drug-likeness (QED) is 0.899. The molecule has 106 valence electrons. The Labute approximate surface area is 121 Å². The Bertz CT molecular complexity index is 602. The van der Waals surface area contributed by atoms with Crippen LogP contribution in [0.5, 0.6) is 5.75 Å². The van der Waals surface area contributed by atoms with Crippen LogP contribution in [-0.4, -0.2) is 23.2 Å². The molecule has 0 fully saturated rings. The number of ether oxygens (including phenoxy) is 1. The number of hydrogen-bond donors (Lipinski definition) is 2. The predicted octanol–water partition coefficient (Wildman–Crippen LogP) is 1.99. The van der Waals surface area contributed by atoms with Crippen molar-refractivity contribution >= 4 is 22.4 Å². The van der Waals surface area contributed by atoms with Gasteiger partial charge in [0, 0.05) is 5.56 Å². The smallest absolute Gasteiger partial charge is 0.257 e. The zero-order chi connectivity index (χ0) is 14.8. The first-order valence-corrected chi connectivity index (χ1v) is 6.80. The summed E-state index contributed by atoms with van der Waals surface area (Å²) in [7, 11) is 1.58. The van der Waals surface area contributed by atoms with Gasteiger partial charge in [-0.05, 0) is 38.1 Å². The van der Waals surface area contributed by atoms with Crippen LogP contribution in [0.3, 0.4) is 0 Å². The number of aromatic nitrogens is 2. The maximum absolute atomic E-state index is 12.0. The highest BCUT2D eigenvalue weighted by Gasteiger charge is 2.20. The van der Waals surface area contributed by atoms with E-state index in [2.05, 4.69) is 15.5 Å². The minimum Gasteiger partial charge on any atom is -0.497 e. The molecule has 0 atom stereocenters. The van der Waals surface area contributed by atoms with Gasteiger partial charge in [-0.1, -0.05) is 11.3 Å². The average molecular weight is 292 g/mol. The maximum atomic E-state index is 12.0. The second kappa shape index (κ2) is 5.56. The molecule has 0 radical (unpaired) electrons.